The van der Waals surface area contributed by atoms with Gasteiger partial charge in [0.15, 0.2) is 0 Å². The van der Waals surface area contributed by atoms with Crippen molar-refractivity contribution in [3.8, 4) is 0 Å². The summed E-state index contributed by atoms with van der Waals surface area (Å²) >= 11 is 0. The Morgan fingerprint density at radius 2 is 1.60 bits per heavy atom. The van der Waals surface area contributed by atoms with Crippen LogP contribution in [0, 0.1) is 5.92 Å². The minimum Gasteiger partial charge on any atom is -0.0776 e. The number of benzene rings is 1. The lowest BCUT2D eigenvalue weighted by atomic mass is 9.78. The van der Waals surface area contributed by atoms with Crippen LogP contribution in [0.3, 0.4) is 0 Å². The Labute approximate surface area is 94.7 Å². The summed E-state index contributed by atoms with van der Waals surface area (Å²) in [5, 5.41) is 0. The van der Waals surface area contributed by atoms with Crippen LogP contribution in [0.5, 0.6) is 0 Å². The van der Waals surface area contributed by atoms with Gasteiger partial charge >= 0.3 is 0 Å². The van der Waals surface area contributed by atoms with E-state index in [1.165, 1.54) is 37.7 Å². The molecule has 1 aliphatic rings. The van der Waals surface area contributed by atoms with E-state index in [0.29, 0.717) is 0 Å². The van der Waals surface area contributed by atoms with Crippen LogP contribution in [0.4, 0.5) is 0 Å². The summed E-state index contributed by atoms with van der Waals surface area (Å²) in [5.74, 6) is 1.70. The van der Waals surface area contributed by atoms with E-state index in [1.807, 2.05) is 0 Å². The van der Waals surface area contributed by atoms with Gasteiger partial charge in [0, 0.05) is 0 Å². The average Bonchev–Trinajstić information content (AvgIpc) is 2.30. The Bertz CT molecular complexity index is 257. The molecule has 0 N–H and O–H groups in total. The normalized spacial score (nSPS) is 19.3. The summed E-state index contributed by atoms with van der Waals surface area (Å²) in [6.45, 7) is 2.39. The minimum absolute atomic E-state index is 0. The van der Waals surface area contributed by atoms with Gasteiger partial charge in [-0.2, -0.15) is 0 Å². The monoisotopic (exact) mass is 204 g/mol. The molecule has 1 unspecified atom stereocenters. The Balaban J connectivity index is 0.00000112. The van der Waals surface area contributed by atoms with Crippen molar-refractivity contribution in [3.63, 3.8) is 0 Å². The van der Waals surface area contributed by atoms with E-state index in [9.17, 15) is 0 Å². The van der Waals surface area contributed by atoms with E-state index in [-0.39, 0.29) is 7.43 Å². The molecule has 0 heterocycles. The molecule has 1 aromatic rings. The zero-order valence-corrected chi connectivity index (χ0v) is 9.08. The first-order valence-corrected chi connectivity index (χ1v) is 5.93. The van der Waals surface area contributed by atoms with Crippen LogP contribution in [0.25, 0.3) is 0 Å². The van der Waals surface area contributed by atoms with Crippen molar-refractivity contribution in [2.24, 2.45) is 5.92 Å². The fourth-order valence-corrected chi connectivity index (χ4v) is 2.66. The molecule has 0 amide bonds. The van der Waals surface area contributed by atoms with E-state index in [4.69, 9.17) is 0 Å². The van der Waals surface area contributed by atoms with Crippen molar-refractivity contribution in [2.45, 2.75) is 52.4 Å². The quantitative estimate of drug-likeness (QED) is 0.635. The average molecular weight is 204 g/mol. The highest BCUT2D eigenvalue weighted by Crippen LogP contribution is 2.35. The van der Waals surface area contributed by atoms with Gasteiger partial charge in [-0.05, 0) is 30.2 Å². The maximum absolute atomic E-state index is 2.39. The number of rotatable bonds is 2. The van der Waals surface area contributed by atoms with Gasteiger partial charge in [0.1, 0.15) is 0 Å². The molecule has 15 heavy (non-hydrogen) atoms. The molecule has 1 fully saturated rings. The lowest BCUT2D eigenvalue weighted by molar-refractivity contribution is 0.316. The summed E-state index contributed by atoms with van der Waals surface area (Å²) in [6, 6.07) is 11.0. The molecule has 1 aliphatic carbocycles. The predicted molar refractivity (Wildman–Crippen MR) is 68.2 cm³/mol. The highest BCUT2D eigenvalue weighted by atomic mass is 14.3. The molecular formula is C15H24. The van der Waals surface area contributed by atoms with E-state index in [1.54, 1.807) is 0 Å². The van der Waals surface area contributed by atoms with E-state index < -0.39 is 0 Å². The molecule has 0 nitrogen and oxygen atoms in total. The molecule has 0 aliphatic heterocycles. The topological polar surface area (TPSA) is 0 Å². The van der Waals surface area contributed by atoms with Gasteiger partial charge in [0.2, 0.25) is 0 Å². The molecule has 1 saturated carbocycles. The third-order valence-corrected chi connectivity index (χ3v) is 3.68. The van der Waals surface area contributed by atoms with Crippen LogP contribution in [-0.4, -0.2) is 0 Å². The fraction of sp³-hybridized carbons (Fsp3) is 0.600. The van der Waals surface area contributed by atoms with Crippen molar-refractivity contribution in [1.82, 2.24) is 0 Å². The van der Waals surface area contributed by atoms with Crippen LogP contribution in [0.2, 0.25) is 0 Å². The Kier molecular flexibility index (Phi) is 4.87. The van der Waals surface area contributed by atoms with Gasteiger partial charge in [0.05, 0.1) is 0 Å². The second-order valence-electron chi connectivity index (χ2n) is 4.60. The lowest BCUT2D eigenvalue weighted by Crippen LogP contribution is -2.13. The molecule has 0 aromatic heterocycles. The molecule has 2 rings (SSSR count). The fourth-order valence-electron chi connectivity index (χ4n) is 2.66. The van der Waals surface area contributed by atoms with E-state index in [0.717, 1.165) is 11.8 Å². The van der Waals surface area contributed by atoms with Crippen LogP contribution >= 0.6 is 0 Å². The van der Waals surface area contributed by atoms with Crippen molar-refractivity contribution in [3.05, 3.63) is 35.9 Å². The van der Waals surface area contributed by atoms with E-state index >= 15 is 0 Å². The Hall–Kier alpha value is -0.780. The largest absolute Gasteiger partial charge is 0.0776 e. The molecule has 0 radical (unpaired) electrons. The summed E-state index contributed by atoms with van der Waals surface area (Å²) in [5.41, 5.74) is 1.53. The van der Waals surface area contributed by atoms with Crippen molar-refractivity contribution in [1.29, 1.82) is 0 Å². The summed E-state index contributed by atoms with van der Waals surface area (Å²) in [7, 11) is 0. The SMILES string of the molecule is C.CC(c1ccccc1)C1CCCCC1. The number of hydrogen-bond donors (Lipinski definition) is 0. The van der Waals surface area contributed by atoms with Gasteiger partial charge in [-0.25, -0.2) is 0 Å². The molecule has 0 spiro atoms. The first-order chi connectivity index (χ1) is 6.88. The third kappa shape index (κ3) is 3.09. The zero-order chi connectivity index (χ0) is 9.80. The molecule has 84 valence electrons. The maximum atomic E-state index is 2.39. The van der Waals surface area contributed by atoms with Gasteiger partial charge in [-0.1, -0.05) is 63.9 Å². The maximum Gasteiger partial charge on any atom is -0.0162 e. The summed E-state index contributed by atoms with van der Waals surface area (Å²) in [6.07, 6.45) is 7.23. The van der Waals surface area contributed by atoms with Crippen LogP contribution in [0.15, 0.2) is 30.3 Å². The first-order valence-electron chi connectivity index (χ1n) is 5.93. The second-order valence-corrected chi connectivity index (χ2v) is 4.60. The van der Waals surface area contributed by atoms with Gasteiger partial charge in [0.25, 0.3) is 0 Å². The van der Waals surface area contributed by atoms with E-state index in [2.05, 4.69) is 37.3 Å². The van der Waals surface area contributed by atoms with Gasteiger partial charge < -0.3 is 0 Å². The molecule has 1 aromatic carbocycles. The highest BCUT2D eigenvalue weighted by molar-refractivity contribution is 5.19. The van der Waals surface area contributed by atoms with Crippen molar-refractivity contribution < 1.29 is 0 Å². The first kappa shape index (κ1) is 12.3. The molecule has 0 saturated heterocycles. The Morgan fingerprint density at radius 1 is 1.00 bits per heavy atom. The number of hydrogen-bond acceptors (Lipinski definition) is 0. The minimum atomic E-state index is 0. The third-order valence-electron chi connectivity index (χ3n) is 3.68. The molecular weight excluding hydrogens is 180 g/mol. The predicted octanol–water partition coefficient (Wildman–Crippen LogP) is 5.01. The standard InChI is InChI=1S/C14H20.CH4/c1-12(13-8-4-2-5-9-13)14-10-6-3-7-11-14;/h2,4-5,8-9,12,14H,3,6-7,10-11H2,1H3;1H4. The smallest absolute Gasteiger partial charge is 0.0162 e. The van der Waals surface area contributed by atoms with Gasteiger partial charge in [-0.15, -0.1) is 0 Å². The van der Waals surface area contributed by atoms with Crippen LogP contribution < -0.4 is 0 Å². The van der Waals surface area contributed by atoms with Crippen molar-refractivity contribution >= 4 is 0 Å². The second kappa shape index (κ2) is 5.95. The molecule has 0 heteroatoms. The zero-order valence-electron chi connectivity index (χ0n) is 9.08. The Morgan fingerprint density at radius 3 is 2.20 bits per heavy atom. The lowest BCUT2D eigenvalue weighted by Gasteiger charge is -2.27. The summed E-state index contributed by atoms with van der Waals surface area (Å²) in [4.78, 5) is 0. The molecule has 1 atom stereocenters. The van der Waals surface area contributed by atoms with Crippen LogP contribution in [0.1, 0.15) is 57.9 Å². The van der Waals surface area contributed by atoms with Gasteiger partial charge in [-0.3, -0.25) is 0 Å². The van der Waals surface area contributed by atoms with Crippen molar-refractivity contribution in [2.75, 3.05) is 0 Å². The highest BCUT2D eigenvalue weighted by Gasteiger charge is 2.20. The van der Waals surface area contributed by atoms with Crippen LogP contribution in [-0.2, 0) is 0 Å². The summed E-state index contributed by atoms with van der Waals surface area (Å²) < 4.78 is 0. The molecule has 0 bridgehead atoms.